The van der Waals surface area contributed by atoms with Gasteiger partial charge in [0.15, 0.2) is 16.2 Å². The first kappa shape index (κ1) is 20.0. The van der Waals surface area contributed by atoms with Crippen LogP contribution in [0.3, 0.4) is 0 Å². The van der Waals surface area contributed by atoms with Crippen LogP contribution < -0.4 is 5.32 Å². The van der Waals surface area contributed by atoms with Gasteiger partial charge in [-0.05, 0) is 66.9 Å². The van der Waals surface area contributed by atoms with Crippen LogP contribution in [0.4, 0.5) is 0 Å². The monoisotopic (exact) mass is 435 g/mol. The van der Waals surface area contributed by atoms with Crippen molar-refractivity contribution in [3.63, 3.8) is 0 Å². The maximum Gasteiger partial charge on any atom is 0.188 e. The number of nitrogens with zero attached hydrogens (tertiary/aromatic N) is 2. The van der Waals surface area contributed by atoms with Crippen LogP contribution in [0.15, 0.2) is 57.5 Å². The van der Waals surface area contributed by atoms with E-state index in [9.17, 15) is 4.55 Å². The SMILES string of the molecule is C[S+]([O-])c1ccc(C2N=C(C3CCNCC3)OC2Sc2ccc(Cl)cn2)cc1. The Morgan fingerprint density at radius 1 is 1.18 bits per heavy atom. The Kier molecular flexibility index (Phi) is 6.48. The standard InChI is InChI=1S/C20H22ClN3O2S2/c1-28(25)16-5-2-13(3-6-16)18-20(27-17-7-4-15(21)12-23-17)26-19(24-18)14-8-10-22-11-9-14/h2-7,12,14,18,20,22H,8-11H2,1H3. The average Bonchev–Trinajstić information content (AvgIpc) is 3.14. The number of ether oxygens (including phenoxy) is 1. The molecule has 0 bridgehead atoms. The fraction of sp³-hybridized carbons (Fsp3) is 0.400. The second-order valence-electron chi connectivity index (χ2n) is 6.88. The lowest BCUT2D eigenvalue weighted by molar-refractivity contribution is 0.256. The van der Waals surface area contributed by atoms with Gasteiger partial charge in [0.05, 0.1) is 10.0 Å². The highest BCUT2D eigenvalue weighted by Crippen LogP contribution is 2.41. The molecule has 8 heteroatoms. The van der Waals surface area contributed by atoms with Crippen LogP contribution in [0.5, 0.6) is 0 Å². The molecule has 2 aliphatic heterocycles. The molecule has 3 unspecified atom stereocenters. The quantitative estimate of drug-likeness (QED) is 0.717. The Labute approximate surface area is 177 Å². The first-order valence-electron chi connectivity index (χ1n) is 9.27. The molecule has 0 amide bonds. The normalized spacial score (nSPS) is 23.9. The number of benzene rings is 1. The van der Waals surface area contributed by atoms with E-state index in [1.165, 1.54) is 0 Å². The zero-order valence-electron chi connectivity index (χ0n) is 15.5. The van der Waals surface area contributed by atoms with E-state index in [-0.39, 0.29) is 11.5 Å². The first-order valence-corrected chi connectivity index (χ1v) is 12.1. The fourth-order valence-corrected chi connectivity index (χ4v) is 5.03. The van der Waals surface area contributed by atoms with E-state index < -0.39 is 11.2 Å². The molecule has 1 fully saturated rings. The van der Waals surface area contributed by atoms with Crippen molar-refractivity contribution in [1.82, 2.24) is 10.3 Å². The number of rotatable bonds is 5. The Hall–Kier alpha value is -1.25. The molecule has 1 aromatic heterocycles. The summed E-state index contributed by atoms with van der Waals surface area (Å²) >= 11 is 6.53. The second-order valence-corrected chi connectivity index (χ2v) is 9.81. The minimum Gasteiger partial charge on any atom is -0.612 e. The summed E-state index contributed by atoms with van der Waals surface area (Å²) in [5, 5.41) is 4.86. The number of aliphatic imine (C=N–C) groups is 1. The maximum absolute atomic E-state index is 11.7. The van der Waals surface area contributed by atoms with Gasteiger partial charge in [-0.3, -0.25) is 0 Å². The maximum atomic E-state index is 11.7. The molecule has 28 heavy (non-hydrogen) atoms. The van der Waals surface area contributed by atoms with Crippen molar-refractivity contribution >= 4 is 40.4 Å². The summed E-state index contributed by atoms with van der Waals surface area (Å²) in [6.07, 6.45) is 5.41. The Balaban J connectivity index is 1.58. The number of pyridine rings is 1. The summed E-state index contributed by atoms with van der Waals surface area (Å²) in [6, 6.07) is 11.4. The van der Waals surface area contributed by atoms with Crippen molar-refractivity contribution in [2.45, 2.75) is 34.2 Å². The minimum absolute atomic E-state index is 0.119. The smallest absolute Gasteiger partial charge is 0.188 e. The van der Waals surface area contributed by atoms with Crippen LogP contribution >= 0.6 is 23.4 Å². The molecule has 1 N–H and O–H groups in total. The lowest BCUT2D eigenvalue weighted by Gasteiger charge is -2.23. The zero-order chi connectivity index (χ0) is 19.5. The van der Waals surface area contributed by atoms with Crippen molar-refractivity contribution in [2.75, 3.05) is 19.3 Å². The van der Waals surface area contributed by atoms with Crippen molar-refractivity contribution in [2.24, 2.45) is 10.9 Å². The van der Waals surface area contributed by atoms with Gasteiger partial charge in [-0.25, -0.2) is 9.98 Å². The van der Waals surface area contributed by atoms with E-state index in [1.807, 2.05) is 36.4 Å². The van der Waals surface area contributed by atoms with Crippen molar-refractivity contribution in [3.8, 4) is 0 Å². The number of hydrogen-bond acceptors (Lipinski definition) is 6. The van der Waals surface area contributed by atoms with E-state index in [2.05, 4.69) is 10.3 Å². The third kappa shape index (κ3) is 4.66. The van der Waals surface area contributed by atoms with E-state index in [0.29, 0.717) is 10.9 Å². The predicted octanol–water partition coefficient (Wildman–Crippen LogP) is 4.06. The molecule has 148 valence electrons. The summed E-state index contributed by atoms with van der Waals surface area (Å²) in [5.41, 5.74) is 0.876. The van der Waals surface area contributed by atoms with Gasteiger partial charge in [0.2, 0.25) is 0 Å². The highest BCUT2D eigenvalue weighted by atomic mass is 35.5. The van der Waals surface area contributed by atoms with Gasteiger partial charge in [-0.2, -0.15) is 0 Å². The fourth-order valence-electron chi connectivity index (χ4n) is 3.41. The summed E-state index contributed by atoms with van der Waals surface area (Å²) in [6.45, 7) is 1.98. The Morgan fingerprint density at radius 2 is 1.93 bits per heavy atom. The molecule has 0 spiro atoms. The molecule has 2 aliphatic rings. The first-order chi connectivity index (χ1) is 13.6. The van der Waals surface area contributed by atoms with E-state index in [0.717, 1.165) is 47.3 Å². The molecular weight excluding hydrogens is 414 g/mol. The summed E-state index contributed by atoms with van der Waals surface area (Å²) in [4.78, 5) is 10.2. The number of nitrogens with one attached hydrogen (secondary N) is 1. The van der Waals surface area contributed by atoms with Crippen LogP contribution in [-0.2, 0) is 15.9 Å². The molecule has 1 aromatic carbocycles. The molecule has 1 saturated heterocycles. The van der Waals surface area contributed by atoms with Crippen LogP contribution in [-0.4, -0.2) is 40.2 Å². The highest BCUT2D eigenvalue weighted by Gasteiger charge is 2.37. The van der Waals surface area contributed by atoms with Gasteiger partial charge in [0.1, 0.15) is 12.3 Å². The third-order valence-electron chi connectivity index (χ3n) is 4.94. The zero-order valence-corrected chi connectivity index (χ0v) is 17.9. The number of thioether (sulfide) groups is 1. The molecule has 3 heterocycles. The van der Waals surface area contributed by atoms with Crippen LogP contribution in [0.25, 0.3) is 0 Å². The summed E-state index contributed by atoms with van der Waals surface area (Å²) in [5.74, 6) is 1.20. The molecule has 2 aromatic rings. The number of piperidine rings is 1. The highest BCUT2D eigenvalue weighted by molar-refractivity contribution is 7.99. The van der Waals surface area contributed by atoms with Gasteiger partial charge in [0, 0.05) is 12.1 Å². The predicted molar refractivity (Wildman–Crippen MR) is 115 cm³/mol. The van der Waals surface area contributed by atoms with Crippen molar-refractivity contribution in [3.05, 3.63) is 53.2 Å². The molecule has 0 radical (unpaired) electrons. The van der Waals surface area contributed by atoms with Gasteiger partial charge >= 0.3 is 0 Å². The lowest BCUT2D eigenvalue weighted by Crippen LogP contribution is -2.32. The average molecular weight is 436 g/mol. The van der Waals surface area contributed by atoms with Crippen LogP contribution in [0.2, 0.25) is 5.02 Å². The van der Waals surface area contributed by atoms with E-state index in [1.54, 1.807) is 24.2 Å². The molecule has 0 saturated carbocycles. The number of hydrogen-bond donors (Lipinski definition) is 1. The van der Waals surface area contributed by atoms with Gasteiger partial charge in [-0.1, -0.05) is 35.5 Å². The molecular formula is C20H22ClN3O2S2. The van der Waals surface area contributed by atoms with Crippen LogP contribution in [0, 0.1) is 5.92 Å². The topological polar surface area (TPSA) is 69.6 Å². The van der Waals surface area contributed by atoms with Crippen molar-refractivity contribution in [1.29, 1.82) is 0 Å². The second kappa shape index (κ2) is 9.05. The van der Waals surface area contributed by atoms with Crippen molar-refractivity contribution < 1.29 is 9.29 Å². The minimum atomic E-state index is -0.994. The summed E-state index contributed by atoms with van der Waals surface area (Å²) in [7, 11) is 0. The number of halogens is 1. The lowest BCUT2D eigenvalue weighted by atomic mass is 9.98. The Morgan fingerprint density at radius 3 is 2.57 bits per heavy atom. The van der Waals surface area contributed by atoms with Gasteiger partial charge in [0.25, 0.3) is 0 Å². The largest absolute Gasteiger partial charge is 0.612 e. The van der Waals surface area contributed by atoms with Gasteiger partial charge < -0.3 is 14.6 Å². The summed E-state index contributed by atoms with van der Waals surface area (Å²) < 4.78 is 18.0. The molecule has 4 rings (SSSR count). The van der Waals surface area contributed by atoms with Crippen LogP contribution in [0.1, 0.15) is 24.4 Å². The Bertz CT molecular complexity index is 824. The number of aromatic nitrogens is 1. The molecule has 3 atom stereocenters. The third-order valence-corrected chi connectivity index (χ3v) is 7.17. The molecule has 0 aliphatic carbocycles. The van der Waals surface area contributed by atoms with E-state index >= 15 is 0 Å². The molecule has 5 nitrogen and oxygen atoms in total. The van der Waals surface area contributed by atoms with E-state index in [4.69, 9.17) is 21.3 Å². The van der Waals surface area contributed by atoms with Gasteiger partial charge in [-0.15, -0.1) is 0 Å².